The van der Waals surface area contributed by atoms with E-state index in [1.165, 1.54) is 70.6 Å². The Kier molecular flexibility index (Phi) is 8.63. The molecule has 0 aromatic rings. The molecule has 1 saturated heterocycles. The third-order valence-corrected chi connectivity index (χ3v) is 18.5. The Morgan fingerprint density at radius 1 is 0.894 bits per heavy atom. The van der Waals surface area contributed by atoms with Crippen LogP contribution in [0.2, 0.25) is 0 Å². The Morgan fingerprint density at radius 2 is 1.64 bits per heavy atom. The molecule has 0 amide bonds. The monoisotopic (exact) mass is 668 g/mol. The molecular weight excluding hydrogens is 601 g/mol. The molecule has 5 nitrogen and oxygen atoms in total. The van der Waals surface area contributed by atoms with Crippen LogP contribution < -0.4 is 5.32 Å². The van der Waals surface area contributed by atoms with Gasteiger partial charge in [0.25, 0.3) is 0 Å². The Hall–Kier alpha value is -0.690. The Bertz CT molecular complexity index is 1380. The average Bonchev–Trinajstić information content (AvgIpc) is 3.39. The summed E-state index contributed by atoms with van der Waals surface area (Å²) in [4.78, 5) is 2.34. The van der Waals surface area contributed by atoms with Crippen LogP contribution in [0, 0.1) is 51.2 Å². The van der Waals surface area contributed by atoms with Crippen molar-refractivity contribution in [3.8, 4) is 0 Å². The molecule has 0 aromatic carbocycles. The van der Waals surface area contributed by atoms with Gasteiger partial charge in [-0.1, -0.05) is 46.8 Å². The maximum atomic E-state index is 12.0. The van der Waals surface area contributed by atoms with Crippen molar-refractivity contribution in [2.24, 2.45) is 51.2 Å². The summed E-state index contributed by atoms with van der Waals surface area (Å²) < 4.78 is 24.0. The van der Waals surface area contributed by atoms with Gasteiger partial charge in [-0.15, -0.1) is 0 Å². The van der Waals surface area contributed by atoms with Gasteiger partial charge in [-0.3, -0.25) is 0 Å². The van der Waals surface area contributed by atoms with Crippen LogP contribution in [0.25, 0.3) is 0 Å². The van der Waals surface area contributed by atoms with Gasteiger partial charge in [0.1, 0.15) is 0 Å². The lowest BCUT2D eigenvalue weighted by molar-refractivity contribution is -0.226. The van der Waals surface area contributed by atoms with Crippen molar-refractivity contribution in [3.63, 3.8) is 0 Å². The van der Waals surface area contributed by atoms with E-state index in [2.05, 4.69) is 70.8 Å². The maximum absolute atomic E-state index is 12.0. The zero-order valence-corrected chi connectivity index (χ0v) is 31.9. The predicted octanol–water partition coefficient (Wildman–Crippen LogP) is 7.95. The van der Waals surface area contributed by atoms with E-state index in [1.807, 2.05) is 0 Å². The largest absolute Gasteiger partial charge is 0.390 e. The topological polar surface area (TPSA) is 69.6 Å². The third kappa shape index (κ3) is 5.41. The molecule has 0 radical (unpaired) electrons. The molecule has 0 unspecified atom stereocenters. The molecule has 1 aliphatic heterocycles. The van der Waals surface area contributed by atoms with Crippen LogP contribution in [0.5, 0.6) is 0 Å². The van der Waals surface area contributed by atoms with Crippen molar-refractivity contribution in [3.05, 3.63) is 23.3 Å². The highest BCUT2D eigenvalue weighted by Crippen LogP contribution is 2.76. The van der Waals surface area contributed by atoms with Crippen LogP contribution in [0.4, 0.5) is 0 Å². The van der Waals surface area contributed by atoms with Crippen LogP contribution in [0.3, 0.4) is 0 Å². The Morgan fingerprint density at radius 3 is 2.32 bits per heavy atom. The summed E-state index contributed by atoms with van der Waals surface area (Å²) in [7, 11) is -2.86. The molecule has 1 heterocycles. The highest BCUT2D eigenvalue weighted by Gasteiger charge is 2.71. The lowest BCUT2D eigenvalue weighted by atomic mass is 9.32. The molecule has 266 valence electrons. The molecule has 6 heteroatoms. The fourth-order valence-corrected chi connectivity index (χ4v) is 15.6. The lowest BCUT2D eigenvalue weighted by Gasteiger charge is -2.72. The minimum absolute atomic E-state index is 0.0825. The van der Waals surface area contributed by atoms with Gasteiger partial charge in [0.05, 0.1) is 17.1 Å². The smallest absolute Gasteiger partial charge is 0.152 e. The van der Waals surface area contributed by atoms with Crippen molar-refractivity contribution in [1.29, 1.82) is 0 Å². The first-order valence-electron chi connectivity index (χ1n) is 19.8. The molecular formula is C41H68N2O3S. The normalized spacial score (nSPS) is 46.3. The van der Waals surface area contributed by atoms with E-state index >= 15 is 0 Å². The van der Waals surface area contributed by atoms with Crippen molar-refractivity contribution >= 4 is 9.84 Å². The first kappa shape index (κ1) is 34.7. The number of fused-ring (bicyclic) bond motifs is 7. The van der Waals surface area contributed by atoms with Crippen molar-refractivity contribution in [2.75, 3.05) is 37.7 Å². The van der Waals surface area contributed by atoms with E-state index in [4.69, 9.17) is 0 Å². The van der Waals surface area contributed by atoms with E-state index in [0.717, 1.165) is 37.8 Å². The summed E-state index contributed by atoms with van der Waals surface area (Å²) in [6.07, 6.45) is 21.9. The third-order valence-electron chi connectivity index (χ3n) is 16.9. The van der Waals surface area contributed by atoms with Gasteiger partial charge >= 0.3 is 0 Å². The van der Waals surface area contributed by atoms with E-state index in [-0.39, 0.29) is 16.4 Å². The van der Waals surface area contributed by atoms with E-state index in [1.54, 1.807) is 11.1 Å². The maximum Gasteiger partial charge on any atom is 0.152 e. The number of hydrogen-bond acceptors (Lipinski definition) is 5. The van der Waals surface area contributed by atoms with Crippen LogP contribution in [0.1, 0.15) is 132 Å². The zero-order chi connectivity index (χ0) is 33.7. The number of sulfone groups is 1. The first-order valence-corrected chi connectivity index (χ1v) is 21.6. The van der Waals surface area contributed by atoms with E-state index in [9.17, 15) is 13.5 Å². The molecule has 6 aliphatic carbocycles. The Balaban J connectivity index is 1.16. The fourth-order valence-electron chi connectivity index (χ4n) is 14.4. The molecule has 0 spiro atoms. The standard InChI is InChI=1S/C41H68N2O3S/c1-36(2)30(29-11-9-8-10-12-29)15-18-38(5)33(36)17-19-40(7)34(38)14-13-32-35-31(37(3,4)44)16-20-41(35,22-21-39(32,40)6)42-23-24-43-25-27-47(45,46)28-26-43/h11,15,31-35,42,44H,8-10,12-14,16-28H2,1-7H3/t31-,32-,33+,34-,35-,38+,39-,40-,41+/m1/s1. The number of nitrogens with zero attached hydrogens (tertiary/aromatic N) is 1. The molecule has 7 aliphatic rings. The second-order valence-electron chi connectivity index (χ2n) is 19.6. The van der Waals surface area contributed by atoms with Gasteiger partial charge < -0.3 is 15.3 Å². The predicted molar refractivity (Wildman–Crippen MR) is 194 cm³/mol. The number of allylic oxidation sites excluding steroid dienone is 4. The summed E-state index contributed by atoms with van der Waals surface area (Å²) in [6, 6.07) is 0. The molecule has 4 saturated carbocycles. The number of rotatable bonds is 6. The first-order chi connectivity index (χ1) is 22.0. The number of hydrogen-bond donors (Lipinski definition) is 2. The summed E-state index contributed by atoms with van der Waals surface area (Å²) in [5.41, 5.74) is 3.92. The summed E-state index contributed by atoms with van der Waals surface area (Å²) >= 11 is 0. The minimum Gasteiger partial charge on any atom is -0.390 e. The molecule has 47 heavy (non-hydrogen) atoms. The van der Waals surface area contributed by atoms with Crippen LogP contribution in [0.15, 0.2) is 23.3 Å². The van der Waals surface area contributed by atoms with Crippen LogP contribution in [-0.2, 0) is 9.84 Å². The number of aliphatic hydroxyl groups is 1. The molecule has 2 N–H and O–H groups in total. The summed E-state index contributed by atoms with van der Waals surface area (Å²) in [5.74, 6) is 3.50. The van der Waals surface area contributed by atoms with Crippen molar-refractivity contribution < 1.29 is 13.5 Å². The summed E-state index contributed by atoms with van der Waals surface area (Å²) in [5, 5.41) is 15.9. The molecule has 0 bridgehead atoms. The second-order valence-corrected chi connectivity index (χ2v) is 21.9. The second kappa shape index (κ2) is 11.7. The van der Waals surface area contributed by atoms with Crippen molar-refractivity contribution in [2.45, 2.75) is 143 Å². The van der Waals surface area contributed by atoms with Crippen LogP contribution in [-0.4, -0.2) is 67.2 Å². The number of nitrogens with one attached hydrogen (secondary N) is 1. The molecule has 7 rings (SSSR count). The van der Waals surface area contributed by atoms with Gasteiger partial charge in [0, 0.05) is 31.7 Å². The molecule has 5 fully saturated rings. The quantitative estimate of drug-likeness (QED) is 0.301. The minimum atomic E-state index is -2.86. The molecule has 0 aromatic heterocycles. The van der Waals surface area contributed by atoms with Crippen molar-refractivity contribution in [1.82, 2.24) is 10.2 Å². The lowest BCUT2D eigenvalue weighted by Crippen LogP contribution is -2.68. The fraction of sp³-hybridized carbons (Fsp3) is 0.902. The van der Waals surface area contributed by atoms with Gasteiger partial charge in [0.2, 0.25) is 0 Å². The molecule has 9 atom stereocenters. The average molecular weight is 669 g/mol. The summed E-state index contributed by atoms with van der Waals surface area (Å²) in [6.45, 7) is 20.7. The van der Waals surface area contributed by atoms with Crippen LogP contribution >= 0.6 is 0 Å². The Labute approximate surface area is 288 Å². The SMILES string of the molecule is CC(C)(O)[C@@H]1CC[C@]2(NCCN3CCS(=O)(=O)CC3)CC[C@]3(C)[C@H](CC[C@@H]4[C@@]5(C)CC=C(C6=CCCCC6)C(C)(C)[C@@H]5CC[C@]43C)[C@@H]12. The van der Waals surface area contributed by atoms with Gasteiger partial charge in [-0.05, 0) is 160 Å². The highest BCUT2D eigenvalue weighted by molar-refractivity contribution is 7.91. The van der Waals surface area contributed by atoms with E-state index < -0.39 is 15.4 Å². The zero-order valence-electron chi connectivity index (χ0n) is 31.1. The van der Waals surface area contributed by atoms with Gasteiger partial charge in [-0.25, -0.2) is 8.42 Å². The van der Waals surface area contributed by atoms with Gasteiger partial charge in [0.15, 0.2) is 9.84 Å². The van der Waals surface area contributed by atoms with E-state index in [0.29, 0.717) is 53.2 Å². The van der Waals surface area contributed by atoms with Gasteiger partial charge in [-0.2, -0.15) is 0 Å². The highest BCUT2D eigenvalue weighted by atomic mass is 32.2.